The Hall–Kier alpha value is -2.16. The molecule has 1 aliphatic heterocycles. The van der Waals surface area contributed by atoms with Gasteiger partial charge >= 0.3 is 6.18 Å². The van der Waals surface area contributed by atoms with Crippen LogP contribution in [0.25, 0.3) is 0 Å². The van der Waals surface area contributed by atoms with E-state index in [2.05, 4.69) is 5.32 Å². The molecule has 0 radical (unpaired) electrons. The third kappa shape index (κ3) is 3.69. The van der Waals surface area contributed by atoms with Crippen molar-refractivity contribution in [1.29, 1.82) is 0 Å². The molecule has 1 aromatic carbocycles. The lowest BCUT2D eigenvalue weighted by molar-refractivity contribution is -0.385. The number of nitrogens with zero attached hydrogens (tertiary/aromatic N) is 2. The quantitative estimate of drug-likeness (QED) is 0.679. The first-order valence-electron chi connectivity index (χ1n) is 6.11. The number of carbonyl (C=O) groups excluding carboxylic acids is 1. The van der Waals surface area contributed by atoms with Crippen LogP contribution in [0, 0.1) is 10.1 Å². The van der Waals surface area contributed by atoms with Gasteiger partial charge in [0, 0.05) is 31.8 Å². The number of nitro benzene ring substituents is 1. The van der Waals surface area contributed by atoms with E-state index in [1.165, 1.54) is 0 Å². The molecule has 0 saturated carbocycles. The van der Waals surface area contributed by atoms with Crippen LogP contribution < -0.4 is 5.32 Å². The van der Waals surface area contributed by atoms with E-state index < -0.39 is 22.4 Å². The van der Waals surface area contributed by atoms with Gasteiger partial charge in [-0.25, -0.2) is 0 Å². The summed E-state index contributed by atoms with van der Waals surface area (Å²) in [4.78, 5) is 22.5. The van der Waals surface area contributed by atoms with Gasteiger partial charge in [-0.1, -0.05) is 6.07 Å². The fourth-order valence-electron chi connectivity index (χ4n) is 2.15. The SMILES string of the molecule is O=C1CN(Cc2ccc([N+](=O)[O-])cc2C(F)(F)F)CCN1. The van der Waals surface area contributed by atoms with Crippen molar-refractivity contribution < 1.29 is 22.9 Å². The van der Waals surface area contributed by atoms with E-state index in [9.17, 15) is 28.1 Å². The Morgan fingerprint density at radius 1 is 1.38 bits per heavy atom. The van der Waals surface area contributed by atoms with Crippen LogP contribution in [-0.4, -0.2) is 35.4 Å². The molecule has 2 rings (SSSR count). The number of hydrogen-bond donors (Lipinski definition) is 1. The van der Waals surface area contributed by atoms with Gasteiger partial charge in [-0.2, -0.15) is 13.2 Å². The first kappa shape index (κ1) is 15.2. The van der Waals surface area contributed by atoms with Crippen molar-refractivity contribution >= 4 is 11.6 Å². The minimum atomic E-state index is -4.68. The lowest BCUT2D eigenvalue weighted by Gasteiger charge is -2.27. The van der Waals surface area contributed by atoms with Gasteiger partial charge in [-0.05, 0) is 5.56 Å². The molecule has 1 fully saturated rings. The Morgan fingerprint density at radius 2 is 2.10 bits per heavy atom. The molecule has 0 unspecified atom stereocenters. The van der Waals surface area contributed by atoms with E-state index in [4.69, 9.17) is 0 Å². The Bertz CT molecular complexity index is 575. The van der Waals surface area contributed by atoms with Gasteiger partial charge in [0.1, 0.15) is 0 Å². The molecule has 0 aromatic heterocycles. The summed E-state index contributed by atoms with van der Waals surface area (Å²) in [6.45, 7) is 0.724. The number of nitrogens with one attached hydrogen (secondary N) is 1. The zero-order valence-corrected chi connectivity index (χ0v) is 10.8. The molecule has 1 saturated heterocycles. The van der Waals surface area contributed by atoms with Crippen molar-refractivity contribution in [1.82, 2.24) is 10.2 Å². The summed E-state index contributed by atoms with van der Waals surface area (Å²) in [6.07, 6.45) is -4.68. The smallest absolute Gasteiger partial charge is 0.354 e. The maximum Gasteiger partial charge on any atom is 0.416 e. The minimum absolute atomic E-state index is 0.00822. The highest BCUT2D eigenvalue weighted by Crippen LogP contribution is 2.34. The summed E-state index contributed by atoms with van der Waals surface area (Å²) in [5, 5.41) is 13.2. The first-order chi connectivity index (χ1) is 9.77. The molecule has 0 aliphatic carbocycles. The number of rotatable bonds is 3. The van der Waals surface area contributed by atoms with Crippen LogP contribution in [-0.2, 0) is 17.5 Å². The highest BCUT2D eigenvalue weighted by Gasteiger charge is 2.35. The van der Waals surface area contributed by atoms with Gasteiger partial charge in [0.15, 0.2) is 0 Å². The van der Waals surface area contributed by atoms with E-state index in [-0.39, 0.29) is 24.6 Å². The van der Waals surface area contributed by atoms with E-state index in [0.717, 1.165) is 12.1 Å². The molecule has 1 amide bonds. The van der Waals surface area contributed by atoms with Crippen LogP contribution in [0.15, 0.2) is 18.2 Å². The largest absolute Gasteiger partial charge is 0.416 e. The van der Waals surface area contributed by atoms with Crippen molar-refractivity contribution in [2.45, 2.75) is 12.7 Å². The summed E-state index contributed by atoms with van der Waals surface area (Å²) < 4.78 is 39.0. The highest BCUT2D eigenvalue weighted by atomic mass is 19.4. The zero-order chi connectivity index (χ0) is 15.6. The monoisotopic (exact) mass is 303 g/mol. The first-order valence-corrected chi connectivity index (χ1v) is 6.11. The van der Waals surface area contributed by atoms with Gasteiger partial charge in [0.25, 0.3) is 5.69 Å². The summed E-state index contributed by atoms with van der Waals surface area (Å²) in [6, 6.07) is 2.65. The molecule has 1 aliphatic rings. The Morgan fingerprint density at radius 3 is 2.67 bits per heavy atom. The van der Waals surface area contributed by atoms with Crippen LogP contribution in [0.5, 0.6) is 0 Å². The second kappa shape index (κ2) is 5.68. The number of piperazine rings is 1. The second-order valence-electron chi connectivity index (χ2n) is 4.66. The molecule has 1 heterocycles. The molecule has 21 heavy (non-hydrogen) atoms. The number of carbonyl (C=O) groups is 1. The Kier molecular flexibility index (Phi) is 4.12. The van der Waals surface area contributed by atoms with E-state index >= 15 is 0 Å². The maximum absolute atomic E-state index is 13.0. The number of benzene rings is 1. The van der Waals surface area contributed by atoms with Crippen LogP contribution in [0.4, 0.5) is 18.9 Å². The predicted molar refractivity (Wildman–Crippen MR) is 66.4 cm³/mol. The third-order valence-electron chi connectivity index (χ3n) is 3.12. The summed E-state index contributed by atoms with van der Waals surface area (Å²) in [5.41, 5.74) is -1.73. The van der Waals surface area contributed by atoms with Crippen molar-refractivity contribution in [2.75, 3.05) is 19.6 Å². The molecule has 0 atom stereocenters. The lowest BCUT2D eigenvalue weighted by atomic mass is 10.0. The van der Waals surface area contributed by atoms with E-state index in [0.29, 0.717) is 19.2 Å². The van der Waals surface area contributed by atoms with Crippen LogP contribution >= 0.6 is 0 Å². The number of alkyl halides is 3. The van der Waals surface area contributed by atoms with Crippen molar-refractivity contribution in [3.63, 3.8) is 0 Å². The van der Waals surface area contributed by atoms with Crippen molar-refractivity contribution in [3.05, 3.63) is 39.4 Å². The van der Waals surface area contributed by atoms with Crippen LogP contribution in [0.2, 0.25) is 0 Å². The molecule has 1 aromatic rings. The fourth-order valence-corrected chi connectivity index (χ4v) is 2.15. The van der Waals surface area contributed by atoms with Crippen molar-refractivity contribution in [3.8, 4) is 0 Å². The normalized spacial score (nSPS) is 16.6. The standard InChI is InChI=1S/C12H12F3N3O3/c13-12(14,15)10-5-9(18(20)21)2-1-8(10)6-17-4-3-16-11(19)7-17/h1-2,5H,3-4,6-7H2,(H,16,19). The van der Waals surface area contributed by atoms with Crippen molar-refractivity contribution in [2.24, 2.45) is 0 Å². The predicted octanol–water partition coefficient (Wildman–Crippen LogP) is 1.55. The van der Waals surface area contributed by atoms with Gasteiger partial charge in [-0.15, -0.1) is 0 Å². The molecular weight excluding hydrogens is 291 g/mol. The van der Waals surface area contributed by atoms with Crippen LogP contribution in [0.1, 0.15) is 11.1 Å². The molecule has 9 heteroatoms. The minimum Gasteiger partial charge on any atom is -0.354 e. The molecular formula is C12H12F3N3O3. The zero-order valence-electron chi connectivity index (χ0n) is 10.8. The third-order valence-corrected chi connectivity index (χ3v) is 3.12. The molecule has 6 nitrogen and oxygen atoms in total. The second-order valence-corrected chi connectivity index (χ2v) is 4.66. The average Bonchev–Trinajstić information content (AvgIpc) is 2.37. The number of halogens is 3. The molecule has 114 valence electrons. The van der Waals surface area contributed by atoms with Gasteiger partial charge in [0.05, 0.1) is 17.0 Å². The maximum atomic E-state index is 13.0. The van der Waals surface area contributed by atoms with E-state index in [1.54, 1.807) is 4.90 Å². The summed E-state index contributed by atoms with van der Waals surface area (Å²) in [5.74, 6) is -0.253. The number of amides is 1. The fraction of sp³-hybridized carbons (Fsp3) is 0.417. The summed E-state index contributed by atoms with van der Waals surface area (Å²) >= 11 is 0. The lowest BCUT2D eigenvalue weighted by Crippen LogP contribution is -2.47. The average molecular weight is 303 g/mol. The van der Waals surface area contributed by atoms with Crippen LogP contribution in [0.3, 0.4) is 0 Å². The van der Waals surface area contributed by atoms with E-state index in [1.807, 2.05) is 0 Å². The Labute approximate surface area is 117 Å². The number of nitro groups is 1. The molecule has 1 N–H and O–H groups in total. The van der Waals surface area contributed by atoms with Gasteiger partial charge in [-0.3, -0.25) is 19.8 Å². The van der Waals surface area contributed by atoms with Gasteiger partial charge in [0.2, 0.25) is 5.91 Å². The van der Waals surface area contributed by atoms with Gasteiger partial charge < -0.3 is 5.32 Å². The topological polar surface area (TPSA) is 75.5 Å². The molecule has 0 spiro atoms. The number of non-ortho nitro benzene ring substituents is 1. The highest BCUT2D eigenvalue weighted by molar-refractivity contribution is 5.78. The number of hydrogen-bond acceptors (Lipinski definition) is 4. The Balaban J connectivity index is 2.29. The summed E-state index contributed by atoms with van der Waals surface area (Å²) in [7, 11) is 0. The molecule has 0 bridgehead atoms.